The number of nitrogens with zero attached hydrogens (tertiary/aromatic N) is 2. The van der Waals surface area contributed by atoms with Gasteiger partial charge in [0.2, 0.25) is 11.8 Å². The molecule has 3 fully saturated rings. The summed E-state index contributed by atoms with van der Waals surface area (Å²) in [7, 11) is 1.72. The van der Waals surface area contributed by atoms with Gasteiger partial charge in [0.05, 0.1) is 35.9 Å². The highest BCUT2D eigenvalue weighted by Crippen LogP contribution is 2.51. The van der Waals surface area contributed by atoms with Crippen molar-refractivity contribution in [2.24, 2.45) is 5.41 Å². The van der Waals surface area contributed by atoms with Crippen LogP contribution in [0.4, 0.5) is 8.78 Å². The fourth-order valence-electron chi connectivity index (χ4n) is 7.66. The molecule has 2 aromatic rings. The minimum absolute atomic E-state index is 0.0564. The molecule has 0 aromatic heterocycles. The van der Waals surface area contributed by atoms with Gasteiger partial charge in [0, 0.05) is 55.3 Å². The number of likely N-dealkylation sites (N-methyl/N-ethyl adjacent to an activating group) is 1. The molecule has 0 unspecified atom stereocenters. The van der Waals surface area contributed by atoms with Crippen LogP contribution in [0.15, 0.2) is 36.4 Å². The number of carbonyl (C=O) groups is 2. The largest absolute Gasteiger partial charge is 0.355 e. The van der Waals surface area contributed by atoms with Gasteiger partial charge in [0.1, 0.15) is 11.6 Å². The van der Waals surface area contributed by atoms with Crippen molar-refractivity contribution in [1.82, 2.24) is 25.8 Å². The zero-order valence-electron chi connectivity index (χ0n) is 29.2. The number of halogens is 4. The Morgan fingerprint density at radius 1 is 1.08 bits per heavy atom. The van der Waals surface area contributed by atoms with Crippen molar-refractivity contribution in [2.75, 3.05) is 52.9 Å². The second kappa shape index (κ2) is 15.1. The number of ether oxygens (including phenoxy) is 2. The first-order valence-corrected chi connectivity index (χ1v) is 17.7. The number of hydrogen-bond donors (Lipinski definition) is 3. The molecule has 3 saturated heterocycles. The van der Waals surface area contributed by atoms with E-state index in [-0.39, 0.29) is 51.1 Å². The molecule has 3 N–H and O–H groups in total. The lowest BCUT2D eigenvalue weighted by Gasteiger charge is -2.43. The average Bonchev–Trinajstić information content (AvgIpc) is 3.53. The van der Waals surface area contributed by atoms with E-state index in [1.807, 2.05) is 18.7 Å². The summed E-state index contributed by atoms with van der Waals surface area (Å²) in [4.78, 5) is 31.0. The van der Waals surface area contributed by atoms with Crippen LogP contribution in [0.2, 0.25) is 10.0 Å². The first-order chi connectivity index (χ1) is 23.0. The SMILES string of the molecule is CN[C@]1(c2ccc(Cl)cc2F)[C@H](CC(C)(C)C)N[C@@H](C(=O)N2CCN(CC(=O)NCC[C@H]3COC(C)(C)O3)CC2)[C@@H]1c1cccc(Cl)c1F. The standard InChI is InChI=1S/C36H49Cl2F2N5O4/c1-34(2,3)19-28-36(41-6,25-11-10-22(37)18-27(25)39)30(24-8-7-9-26(38)31(24)40)32(43-28)33(47)45-16-14-44(15-17-45)20-29(46)42-13-12-23-21-48-35(4,5)49-23/h7-11,18,23,28,30,32,41,43H,12-17,19-21H2,1-6H3,(H,42,46)/t23-,28-,30-,32+,36+/m0/s1. The number of rotatable bonds is 10. The van der Waals surface area contributed by atoms with E-state index in [2.05, 4.69) is 36.7 Å². The summed E-state index contributed by atoms with van der Waals surface area (Å²) in [6.45, 7) is 12.9. The van der Waals surface area contributed by atoms with Crippen molar-refractivity contribution in [3.05, 3.63) is 69.2 Å². The fourth-order valence-corrected chi connectivity index (χ4v) is 8.00. The second-order valence-electron chi connectivity index (χ2n) is 15.0. The molecule has 2 aromatic carbocycles. The van der Waals surface area contributed by atoms with Gasteiger partial charge < -0.3 is 30.3 Å². The highest BCUT2D eigenvalue weighted by molar-refractivity contribution is 6.31. The summed E-state index contributed by atoms with van der Waals surface area (Å²) < 4.78 is 43.5. The Kier molecular flexibility index (Phi) is 11.6. The summed E-state index contributed by atoms with van der Waals surface area (Å²) in [6, 6.07) is 7.81. The van der Waals surface area contributed by atoms with Crippen molar-refractivity contribution in [2.45, 2.75) is 82.9 Å². The number of piperazine rings is 1. The molecule has 0 aliphatic carbocycles. The van der Waals surface area contributed by atoms with E-state index >= 15 is 8.78 Å². The minimum atomic E-state index is -1.25. The molecule has 49 heavy (non-hydrogen) atoms. The smallest absolute Gasteiger partial charge is 0.240 e. The maximum absolute atomic E-state index is 16.1. The van der Waals surface area contributed by atoms with Crippen LogP contribution in [0.25, 0.3) is 0 Å². The Balaban J connectivity index is 1.36. The molecule has 3 aliphatic heterocycles. The van der Waals surface area contributed by atoms with E-state index in [0.717, 1.165) is 0 Å². The predicted octanol–water partition coefficient (Wildman–Crippen LogP) is 5.05. The van der Waals surface area contributed by atoms with E-state index in [1.54, 1.807) is 36.2 Å². The van der Waals surface area contributed by atoms with Gasteiger partial charge >= 0.3 is 0 Å². The van der Waals surface area contributed by atoms with Crippen molar-refractivity contribution < 1.29 is 27.8 Å². The van der Waals surface area contributed by atoms with E-state index in [4.69, 9.17) is 32.7 Å². The molecule has 5 atom stereocenters. The molecule has 5 rings (SSSR count). The molecule has 3 heterocycles. The van der Waals surface area contributed by atoms with Crippen LogP contribution in [0, 0.1) is 17.0 Å². The third-order valence-electron chi connectivity index (χ3n) is 9.85. The molecule has 0 saturated carbocycles. The summed E-state index contributed by atoms with van der Waals surface area (Å²) in [6.07, 6.45) is 1.14. The summed E-state index contributed by atoms with van der Waals surface area (Å²) >= 11 is 12.5. The van der Waals surface area contributed by atoms with Crippen LogP contribution < -0.4 is 16.0 Å². The molecule has 13 heteroatoms. The molecule has 0 radical (unpaired) electrons. The maximum atomic E-state index is 16.1. The van der Waals surface area contributed by atoms with E-state index in [9.17, 15) is 9.59 Å². The van der Waals surface area contributed by atoms with Crippen LogP contribution in [0.3, 0.4) is 0 Å². The van der Waals surface area contributed by atoms with Crippen LogP contribution in [0.1, 0.15) is 64.5 Å². The quantitative estimate of drug-likeness (QED) is 0.316. The number of amides is 2. The van der Waals surface area contributed by atoms with Crippen LogP contribution in [-0.2, 0) is 24.6 Å². The third-order valence-corrected chi connectivity index (χ3v) is 10.4. The fraction of sp³-hybridized carbons (Fsp3) is 0.611. The summed E-state index contributed by atoms with van der Waals surface area (Å²) in [5.74, 6) is -3.00. The van der Waals surface area contributed by atoms with E-state index < -0.39 is 41.0 Å². The van der Waals surface area contributed by atoms with E-state index in [1.165, 1.54) is 12.1 Å². The first kappa shape index (κ1) is 37.9. The van der Waals surface area contributed by atoms with Crippen LogP contribution in [-0.4, -0.2) is 98.5 Å². The van der Waals surface area contributed by atoms with Gasteiger partial charge in [0.25, 0.3) is 0 Å². The topological polar surface area (TPSA) is 95.2 Å². The zero-order chi connectivity index (χ0) is 35.7. The van der Waals surface area contributed by atoms with Gasteiger partial charge in [-0.2, -0.15) is 0 Å². The first-order valence-electron chi connectivity index (χ1n) is 17.0. The van der Waals surface area contributed by atoms with Gasteiger partial charge in [0.15, 0.2) is 5.79 Å². The molecule has 0 bridgehead atoms. The lowest BCUT2D eigenvalue weighted by Crippen LogP contribution is -2.56. The third kappa shape index (κ3) is 8.41. The Morgan fingerprint density at radius 2 is 1.80 bits per heavy atom. The van der Waals surface area contributed by atoms with Gasteiger partial charge in [-0.15, -0.1) is 0 Å². The van der Waals surface area contributed by atoms with Crippen molar-refractivity contribution >= 4 is 35.0 Å². The molecular formula is C36H49Cl2F2N5O4. The maximum Gasteiger partial charge on any atom is 0.240 e. The van der Waals surface area contributed by atoms with Gasteiger partial charge in [-0.1, -0.05) is 62.2 Å². The van der Waals surface area contributed by atoms with Gasteiger partial charge in [-0.25, -0.2) is 8.78 Å². The Morgan fingerprint density at radius 3 is 2.41 bits per heavy atom. The van der Waals surface area contributed by atoms with Crippen molar-refractivity contribution in [1.29, 1.82) is 0 Å². The number of benzene rings is 2. The van der Waals surface area contributed by atoms with Crippen molar-refractivity contribution in [3.8, 4) is 0 Å². The number of carbonyl (C=O) groups excluding carboxylic acids is 2. The van der Waals surface area contributed by atoms with Crippen LogP contribution in [0.5, 0.6) is 0 Å². The zero-order valence-corrected chi connectivity index (χ0v) is 30.7. The monoisotopic (exact) mass is 723 g/mol. The average molecular weight is 725 g/mol. The normalized spacial score (nSPS) is 27.4. The highest BCUT2D eigenvalue weighted by atomic mass is 35.5. The molecule has 9 nitrogen and oxygen atoms in total. The lowest BCUT2D eigenvalue weighted by molar-refractivity contribution is -0.138. The summed E-state index contributed by atoms with van der Waals surface area (Å²) in [5, 5.41) is 10.1. The van der Waals surface area contributed by atoms with Crippen LogP contribution >= 0.6 is 23.2 Å². The molecule has 3 aliphatic rings. The Bertz CT molecular complexity index is 1520. The van der Waals surface area contributed by atoms with Gasteiger partial charge in [-0.05, 0) is 62.9 Å². The molecule has 2 amide bonds. The van der Waals surface area contributed by atoms with Crippen molar-refractivity contribution in [3.63, 3.8) is 0 Å². The number of hydrogen-bond acceptors (Lipinski definition) is 7. The molecular weight excluding hydrogens is 675 g/mol. The summed E-state index contributed by atoms with van der Waals surface area (Å²) in [5.41, 5.74) is -0.989. The second-order valence-corrected chi connectivity index (χ2v) is 15.9. The minimum Gasteiger partial charge on any atom is -0.355 e. The Hall–Kier alpha value is -2.38. The Labute approximate surface area is 298 Å². The highest BCUT2D eigenvalue weighted by Gasteiger charge is 2.60. The molecule has 0 spiro atoms. The lowest BCUT2D eigenvalue weighted by atomic mass is 9.67. The predicted molar refractivity (Wildman–Crippen MR) is 187 cm³/mol. The number of nitrogens with one attached hydrogen (secondary N) is 3. The van der Waals surface area contributed by atoms with E-state index in [0.29, 0.717) is 52.2 Å². The van der Waals surface area contributed by atoms with Gasteiger partial charge in [-0.3, -0.25) is 14.5 Å². The molecule has 270 valence electrons.